The van der Waals surface area contributed by atoms with Gasteiger partial charge in [0.15, 0.2) is 0 Å². The van der Waals surface area contributed by atoms with Gasteiger partial charge in [0.05, 0.1) is 19.1 Å². The van der Waals surface area contributed by atoms with Gasteiger partial charge in [-0.2, -0.15) is 0 Å². The lowest BCUT2D eigenvalue weighted by molar-refractivity contribution is -0.149. The van der Waals surface area contributed by atoms with Crippen LogP contribution in [0, 0.1) is 12.8 Å². The maximum absolute atomic E-state index is 13.1. The first-order valence-electron chi connectivity index (χ1n) is 25.0. The molecule has 0 atom stereocenters. The monoisotopic (exact) mass is 802 g/mol. The molecule has 0 saturated carbocycles. The van der Waals surface area contributed by atoms with Crippen molar-refractivity contribution in [1.29, 1.82) is 0 Å². The van der Waals surface area contributed by atoms with E-state index in [9.17, 15) is 9.59 Å². The van der Waals surface area contributed by atoms with Gasteiger partial charge in [0, 0.05) is 25.4 Å². The zero-order valence-electron chi connectivity index (χ0n) is 38.5. The van der Waals surface area contributed by atoms with E-state index in [-0.39, 0.29) is 17.9 Å². The molecule has 0 aliphatic rings. The number of rotatable bonds is 44. The molecule has 1 aromatic rings. The fourth-order valence-corrected chi connectivity index (χ4v) is 8.05. The van der Waals surface area contributed by atoms with E-state index in [0.717, 1.165) is 76.8 Å². The topological polar surface area (TPSA) is 73.7 Å². The van der Waals surface area contributed by atoms with Crippen molar-refractivity contribution in [2.45, 2.75) is 253 Å². The molecule has 1 aromatic heterocycles. The second kappa shape index (κ2) is 40.9. The molecule has 7 nitrogen and oxygen atoms in total. The van der Waals surface area contributed by atoms with Gasteiger partial charge in [-0.15, -0.1) is 0 Å². The van der Waals surface area contributed by atoms with Gasteiger partial charge in [-0.1, -0.05) is 181 Å². The predicted molar refractivity (Wildman–Crippen MR) is 243 cm³/mol. The summed E-state index contributed by atoms with van der Waals surface area (Å²) >= 11 is 0. The van der Waals surface area contributed by atoms with Crippen molar-refractivity contribution in [2.75, 3.05) is 32.8 Å². The molecule has 0 radical (unpaired) electrons. The summed E-state index contributed by atoms with van der Waals surface area (Å²) in [6.45, 7) is 14.5. The highest BCUT2D eigenvalue weighted by Crippen LogP contribution is 2.21. The first-order chi connectivity index (χ1) is 28.0. The SMILES string of the molecule is CCCCCCCCCOC(=O)CCCCCCCN(CCCCCCCCOC(=O)C(CCCCCCCC)CCCCCCCC)CCCn1ccnc1C. The lowest BCUT2D eigenvalue weighted by Crippen LogP contribution is -2.28. The first kappa shape index (κ1) is 53.1. The van der Waals surface area contributed by atoms with Gasteiger partial charge in [0.25, 0.3) is 0 Å². The Hall–Kier alpha value is -1.89. The Bertz CT molecular complexity index is 997. The van der Waals surface area contributed by atoms with E-state index < -0.39 is 0 Å². The Balaban J connectivity index is 2.25. The summed E-state index contributed by atoms with van der Waals surface area (Å²) in [5.74, 6) is 1.27. The smallest absolute Gasteiger partial charge is 0.308 e. The number of imidazole rings is 1. The van der Waals surface area contributed by atoms with Crippen LogP contribution in [0.2, 0.25) is 0 Å². The number of nitrogens with zero attached hydrogens (tertiary/aromatic N) is 3. The van der Waals surface area contributed by atoms with Crippen molar-refractivity contribution in [3.63, 3.8) is 0 Å². The Morgan fingerprint density at radius 1 is 0.544 bits per heavy atom. The second-order valence-corrected chi connectivity index (χ2v) is 17.3. The van der Waals surface area contributed by atoms with Gasteiger partial charge in [0.2, 0.25) is 0 Å². The average molecular weight is 802 g/mol. The number of carbonyl (C=O) groups excluding carboxylic acids is 2. The molecule has 7 heteroatoms. The van der Waals surface area contributed by atoms with Gasteiger partial charge in [-0.05, 0) is 77.9 Å². The fraction of sp³-hybridized carbons (Fsp3) is 0.900. The molecule has 0 amide bonds. The maximum Gasteiger partial charge on any atom is 0.308 e. The van der Waals surface area contributed by atoms with Gasteiger partial charge in [-0.3, -0.25) is 9.59 Å². The summed E-state index contributed by atoms with van der Waals surface area (Å²) in [6.07, 6.45) is 44.6. The van der Waals surface area contributed by atoms with Crippen LogP contribution >= 0.6 is 0 Å². The maximum atomic E-state index is 13.1. The van der Waals surface area contributed by atoms with Crippen molar-refractivity contribution in [3.05, 3.63) is 18.2 Å². The number of unbranched alkanes of at least 4 members (excludes halogenated alkanes) is 25. The number of ether oxygens (including phenoxy) is 2. The second-order valence-electron chi connectivity index (χ2n) is 17.3. The molecule has 0 spiro atoms. The Morgan fingerprint density at radius 2 is 0.965 bits per heavy atom. The Morgan fingerprint density at radius 3 is 1.46 bits per heavy atom. The van der Waals surface area contributed by atoms with E-state index in [1.54, 1.807) is 0 Å². The molecule has 0 fully saturated rings. The van der Waals surface area contributed by atoms with Crippen molar-refractivity contribution < 1.29 is 19.1 Å². The lowest BCUT2D eigenvalue weighted by Gasteiger charge is -2.22. The van der Waals surface area contributed by atoms with Crippen molar-refractivity contribution in [1.82, 2.24) is 14.5 Å². The van der Waals surface area contributed by atoms with Crippen LogP contribution in [-0.4, -0.2) is 59.2 Å². The summed E-state index contributed by atoms with van der Waals surface area (Å²) in [7, 11) is 0. The predicted octanol–water partition coefficient (Wildman–Crippen LogP) is 14.5. The molecular weight excluding hydrogens is 707 g/mol. The molecule has 57 heavy (non-hydrogen) atoms. The normalized spacial score (nSPS) is 11.6. The molecule has 1 rings (SSSR count). The van der Waals surface area contributed by atoms with Crippen molar-refractivity contribution in [3.8, 4) is 0 Å². The van der Waals surface area contributed by atoms with Crippen LogP contribution in [0.4, 0.5) is 0 Å². The molecule has 0 N–H and O–H groups in total. The van der Waals surface area contributed by atoms with E-state index in [0.29, 0.717) is 19.6 Å². The van der Waals surface area contributed by atoms with Crippen LogP contribution in [0.5, 0.6) is 0 Å². The Kier molecular flexibility index (Phi) is 38.1. The van der Waals surface area contributed by atoms with E-state index in [1.165, 1.54) is 167 Å². The minimum Gasteiger partial charge on any atom is -0.466 e. The van der Waals surface area contributed by atoms with Gasteiger partial charge >= 0.3 is 11.9 Å². The molecule has 0 bridgehead atoms. The number of hydrogen-bond acceptors (Lipinski definition) is 6. The van der Waals surface area contributed by atoms with Crippen LogP contribution in [-0.2, 0) is 25.6 Å². The van der Waals surface area contributed by atoms with Crippen LogP contribution in [0.25, 0.3) is 0 Å². The van der Waals surface area contributed by atoms with E-state index >= 15 is 0 Å². The van der Waals surface area contributed by atoms with Gasteiger partial charge in [0.1, 0.15) is 5.82 Å². The summed E-state index contributed by atoms with van der Waals surface area (Å²) < 4.78 is 13.6. The summed E-state index contributed by atoms with van der Waals surface area (Å²) in [5, 5.41) is 0. The van der Waals surface area contributed by atoms with E-state index in [4.69, 9.17) is 9.47 Å². The van der Waals surface area contributed by atoms with Crippen molar-refractivity contribution >= 4 is 11.9 Å². The lowest BCUT2D eigenvalue weighted by atomic mass is 9.94. The summed E-state index contributed by atoms with van der Waals surface area (Å²) in [5.41, 5.74) is 0. The molecule has 0 aliphatic heterocycles. The van der Waals surface area contributed by atoms with Crippen LogP contribution in [0.15, 0.2) is 12.4 Å². The number of carbonyl (C=O) groups is 2. The number of aromatic nitrogens is 2. The minimum atomic E-state index is -0.00923. The van der Waals surface area contributed by atoms with Crippen LogP contribution < -0.4 is 0 Å². The van der Waals surface area contributed by atoms with Crippen LogP contribution in [0.3, 0.4) is 0 Å². The highest BCUT2D eigenvalue weighted by atomic mass is 16.5. The third kappa shape index (κ3) is 33.6. The zero-order valence-corrected chi connectivity index (χ0v) is 38.5. The molecule has 0 saturated heterocycles. The number of hydrogen-bond donors (Lipinski definition) is 0. The largest absolute Gasteiger partial charge is 0.466 e. The standard InChI is InChI=1S/C50H95N3O4/c1-5-8-11-14-18-26-33-45-56-49(54)38-30-23-20-25-32-41-52(42-35-43-53-44-39-51-47(53)4)40-31-24-17-19-27-34-46-57-50(55)48(36-28-21-15-12-9-6-2)37-29-22-16-13-10-7-3/h39,44,48H,5-38,40-43,45-46H2,1-4H3. The highest BCUT2D eigenvalue weighted by Gasteiger charge is 2.19. The fourth-order valence-electron chi connectivity index (χ4n) is 8.05. The van der Waals surface area contributed by atoms with E-state index in [1.807, 2.05) is 6.20 Å². The van der Waals surface area contributed by atoms with Crippen molar-refractivity contribution in [2.24, 2.45) is 5.92 Å². The highest BCUT2D eigenvalue weighted by molar-refractivity contribution is 5.72. The zero-order chi connectivity index (χ0) is 41.3. The number of esters is 2. The van der Waals surface area contributed by atoms with Gasteiger partial charge < -0.3 is 18.9 Å². The molecule has 0 aliphatic carbocycles. The quantitative estimate of drug-likeness (QED) is 0.0483. The first-order valence-corrected chi connectivity index (χ1v) is 25.0. The van der Waals surface area contributed by atoms with Gasteiger partial charge in [-0.25, -0.2) is 4.98 Å². The summed E-state index contributed by atoms with van der Waals surface area (Å²) in [4.78, 5) is 32.3. The average Bonchev–Trinajstić information content (AvgIpc) is 3.62. The third-order valence-corrected chi connectivity index (χ3v) is 11.9. The molecule has 334 valence electrons. The molecular formula is C50H95N3O4. The summed E-state index contributed by atoms with van der Waals surface area (Å²) in [6, 6.07) is 0. The van der Waals surface area contributed by atoms with E-state index in [2.05, 4.69) is 48.3 Å². The van der Waals surface area contributed by atoms with Crippen LogP contribution in [0.1, 0.15) is 245 Å². The molecule has 0 unspecified atom stereocenters. The number of aryl methyl sites for hydroxylation is 2. The minimum absolute atomic E-state index is 0.00923. The molecule has 0 aromatic carbocycles. The third-order valence-electron chi connectivity index (χ3n) is 11.9. The molecule has 1 heterocycles. The Labute approximate surface area is 354 Å².